The van der Waals surface area contributed by atoms with Gasteiger partial charge in [-0.25, -0.2) is 0 Å². The van der Waals surface area contributed by atoms with Gasteiger partial charge in [0.2, 0.25) is 0 Å². The highest BCUT2D eigenvalue weighted by Crippen LogP contribution is 2.26. The number of amides is 1. The zero-order chi connectivity index (χ0) is 19.2. The molecule has 0 unspecified atom stereocenters. The minimum Gasteiger partial charge on any atom is -0.469 e. The molecule has 0 radical (unpaired) electrons. The number of methoxy groups -OCH3 is 1. The molecule has 1 heterocycles. The van der Waals surface area contributed by atoms with Crippen LogP contribution in [-0.2, 0) is 9.53 Å². The number of nitrogens with zero attached hydrogens (tertiary/aromatic N) is 1. The average Bonchev–Trinajstić information content (AvgIpc) is 2.93. The topological polar surface area (TPSA) is 58.6 Å². The Kier molecular flexibility index (Phi) is 7.13. The van der Waals surface area contributed by atoms with Crippen LogP contribution in [0.3, 0.4) is 0 Å². The standard InChI is InChI=1S/C21H29ClN2O3/c1-27-21(26)18-5-3-2-4-6-19(18)23-17-11-13-24(14-12-17)20(25)15-7-9-16(22)10-8-15/h7-10,17-19,23H,2-6,11-14H2,1H3/t18-,19+/m0/s1. The van der Waals surface area contributed by atoms with Crippen LogP contribution in [0.25, 0.3) is 0 Å². The fourth-order valence-corrected chi connectivity index (χ4v) is 4.39. The van der Waals surface area contributed by atoms with Crippen LogP contribution in [0.15, 0.2) is 24.3 Å². The third-order valence-electron chi connectivity index (χ3n) is 5.84. The zero-order valence-corrected chi connectivity index (χ0v) is 16.7. The van der Waals surface area contributed by atoms with E-state index in [1.54, 1.807) is 24.3 Å². The molecule has 0 bridgehead atoms. The smallest absolute Gasteiger partial charge is 0.310 e. The maximum atomic E-state index is 12.6. The molecule has 1 aliphatic carbocycles. The van der Waals surface area contributed by atoms with Gasteiger partial charge in [-0.05, 0) is 49.9 Å². The highest BCUT2D eigenvalue weighted by Gasteiger charge is 2.33. The normalized spacial score (nSPS) is 24.3. The molecule has 0 aromatic heterocycles. The van der Waals surface area contributed by atoms with Crippen molar-refractivity contribution in [3.63, 3.8) is 0 Å². The lowest BCUT2D eigenvalue weighted by Crippen LogP contribution is -2.50. The Morgan fingerprint density at radius 2 is 1.70 bits per heavy atom. The summed E-state index contributed by atoms with van der Waals surface area (Å²) in [6.45, 7) is 1.46. The first-order valence-electron chi connectivity index (χ1n) is 9.97. The van der Waals surface area contributed by atoms with Crippen molar-refractivity contribution >= 4 is 23.5 Å². The minimum atomic E-state index is -0.0928. The molecule has 1 N–H and O–H groups in total. The summed E-state index contributed by atoms with van der Waals surface area (Å²) in [5.74, 6) is -0.0806. The second-order valence-electron chi connectivity index (χ2n) is 7.61. The van der Waals surface area contributed by atoms with E-state index >= 15 is 0 Å². The van der Waals surface area contributed by atoms with Crippen molar-refractivity contribution in [3.8, 4) is 0 Å². The number of hydrogen-bond acceptors (Lipinski definition) is 4. The van der Waals surface area contributed by atoms with Crippen molar-refractivity contribution in [1.82, 2.24) is 10.2 Å². The van der Waals surface area contributed by atoms with E-state index in [4.69, 9.17) is 16.3 Å². The van der Waals surface area contributed by atoms with Crippen molar-refractivity contribution in [3.05, 3.63) is 34.9 Å². The molecular formula is C21H29ClN2O3. The molecule has 148 valence electrons. The molecule has 2 fully saturated rings. The van der Waals surface area contributed by atoms with Crippen LogP contribution in [0.1, 0.15) is 55.3 Å². The summed E-state index contributed by atoms with van der Waals surface area (Å²) in [6.07, 6.45) is 7.15. The lowest BCUT2D eigenvalue weighted by Gasteiger charge is -2.36. The quantitative estimate of drug-likeness (QED) is 0.627. The SMILES string of the molecule is COC(=O)[C@H]1CCCCC[C@H]1NC1CCN(C(=O)c2ccc(Cl)cc2)CC1. The van der Waals surface area contributed by atoms with Crippen LogP contribution < -0.4 is 5.32 Å². The van der Waals surface area contributed by atoms with Gasteiger partial charge < -0.3 is 15.0 Å². The number of hydrogen-bond donors (Lipinski definition) is 1. The average molecular weight is 393 g/mol. The Morgan fingerprint density at radius 3 is 2.37 bits per heavy atom. The molecule has 2 atom stereocenters. The number of nitrogens with one attached hydrogen (secondary N) is 1. The van der Waals surface area contributed by atoms with Gasteiger partial charge >= 0.3 is 5.97 Å². The van der Waals surface area contributed by atoms with Gasteiger partial charge in [0.05, 0.1) is 13.0 Å². The van der Waals surface area contributed by atoms with Gasteiger partial charge in [0, 0.05) is 35.8 Å². The van der Waals surface area contributed by atoms with E-state index in [1.807, 2.05) is 4.90 Å². The highest BCUT2D eigenvalue weighted by molar-refractivity contribution is 6.30. The van der Waals surface area contributed by atoms with Gasteiger partial charge in [0.25, 0.3) is 5.91 Å². The monoisotopic (exact) mass is 392 g/mol. The molecule has 1 aliphatic heterocycles. The van der Waals surface area contributed by atoms with Gasteiger partial charge in [-0.1, -0.05) is 30.9 Å². The van der Waals surface area contributed by atoms with Crippen LogP contribution >= 0.6 is 11.6 Å². The summed E-state index contributed by atoms with van der Waals surface area (Å²) in [6, 6.07) is 7.59. The molecule has 6 heteroatoms. The molecule has 3 rings (SSSR count). The van der Waals surface area contributed by atoms with E-state index in [0.717, 1.165) is 51.6 Å². The maximum absolute atomic E-state index is 12.6. The maximum Gasteiger partial charge on any atom is 0.310 e. The predicted molar refractivity (Wildman–Crippen MR) is 106 cm³/mol. The van der Waals surface area contributed by atoms with E-state index < -0.39 is 0 Å². The number of rotatable bonds is 4. The van der Waals surface area contributed by atoms with E-state index in [1.165, 1.54) is 13.5 Å². The first kappa shape index (κ1) is 20.2. The summed E-state index contributed by atoms with van der Waals surface area (Å²) < 4.78 is 5.03. The Morgan fingerprint density at radius 1 is 1.04 bits per heavy atom. The number of carbonyl (C=O) groups is 2. The fourth-order valence-electron chi connectivity index (χ4n) is 4.27. The van der Waals surface area contributed by atoms with Crippen molar-refractivity contribution in [2.24, 2.45) is 5.92 Å². The molecular weight excluding hydrogens is 364 g/mol. The number of ether oxygens (including phenoxy) is 1. The Balaban J connectivity index is 1.54. The summed E-state index contributed by atoms with van der Waals surface area (Å²) in [4.78, 5) is 26.7. The number of halogens is 1. The second kappa shape index (κ2) is 9.56. The molecule has 1 aromatic rings. The van der Waals surface area contributed by atoms with Gasteiger partial charge in [0.1, 0.15) is 0 Å². The lowest BCUT2D eigenvalue weighted by molar-refractivity contribution is -0.146. The van der Waals surface area contributed by atoms with Gasteiger partial charge in [-0.15, -0.1) is 0 Å². The van der Waals surface area contributed by atoms with E-state index in [9.17, 15) is 9.59 Å². The third-order valence-corrected chi connectivity index (χ3v) is 6.09. The molecule has 1 aromatic carbocycles. The largest absolute Gasteiger partial charge is 0.469 e. The number of esters is 1. The summed E-state index contributed by atoms with van der Waals surface area (Å²) in [5.41, 5.74) is 0.681. The summed E-state index contributed by atoms with van der Waals surface area (Å²) in [5, 5.41) is 4.35. The van der Waals surface area contributed by atoms with Crippen LogP contribution in [0.2, 0.25) is 5.02 Å². The predicted octanol–water partition coefficient (Wildman–Crippen LogP) is 3.66. The van der Waals surface area contributed by atoms with Gasteiger partial charge in [0.15, 0.2) is 0 Å². The molecule has 27 heavy (non-hydrogen) atoms. The van der Waals surface area contributed by atoms with Crippen molar-refractivity contribution in [2.75, 3.05) is 20.2 Å². The number of benzene rings is 1. The van der Waals surface area contributed by atoms with Crippen molar-refractivity contribution in [2.45, 2.75) is 57.0 Å². The molecule has 5 nitrogen and oxygen atoms in total. The zero-order valence-electron chi connectivity index (χ0n) is 16.0. The number of piperidine rings is 1. The molecule has 1 saturated carbocycles. The van der Waals surface area contributed by atoms with Crippen LogP contribution in [0.5, 0.6) is 0 Å². The van der Waals surface area contributed by atoms with Gasteiger partial charge in [-0.2, -0.15) is 0 Å². The number of likely N-dealkylation sites (tertiary alicyclic amines) is 1. The number of carbonyl (C=O) groups excluding carboxylic acids is 2. The Hall–Kier alpha value is -1.59. The van der Waals surface area contributed by atoms with E-state index in [0.29, 0.717) is 16.6 Å². The van der Waals surface area contributed by atoms with E-state index in [2.05, 4.69) is 5.32 Å². The molecule has 1 saturated heterocycles. The van der Waals surface area contributed by atoms with Crippen LogP contribution in [-0.4, -0.2) is 49.1 Å². The first-order chi connectivity index (χ1) is 13.1. The summed E-state index contributed by atoms with van der Waals surface area (Å²) in [7, 11) is 1.48. The van der Waals surface area contributed by atoms with Crippen molar-refractivity contribution < 1.29 is 14.3 Å². The highest BCUT2D eigenvalue weighted by atomic mass is 35.5. The molecule has 2 aliphatic rings. The van der Waals surface area contributed by atoms with Crippen LogP contribution in [0.4, 0.5) is 0 Å². The molecule has 1 amide bonds. The fraction of sp³-hybridized carbons (Fsp3) is 0.619. The molecule has 0 spiro atoms. The minimum absolute atomic E-state index is 0.0498. The first-order valence-corrected chi connectivity index (χ1v) is 10.3. The Bertz CT molecular complexity index is 641. The van der Waals surface area contributed by atoms with Crippen LogP contribution in [0, 0.1) is 5.92 Å². The third kappa shape index (κ3) is 5.23. The van der Waals surface area contributed by atoms with Crippen molar-refractivity contribution in [1.29, 1.82) is 0 Å². The summed E-state index contributed by atoms with van der Waals surface area (Å²) >= 11 is 5.90. The lowest BCUT2D eigenvalue weighted by atomic mass is 9.92. The van der Waals surface area contributed by atoms with E-state index in [-0.39, 0.29) is 23.8 Å². The second-order valence-corrected chi connectivity index (χ2v) is 8.05. The van der Waals surface area contributed by atoms with Gasteiger partial charge in [-0.3, -0.25) is 9.59 Å². The Labute approximate surface area is 166 Å².